The number of aromatic nitrogens is 1. The number of nitrogens with two attached hydrogens (primary N) is 1. The summed E-state index contributed by atoms with van der Waals surface area (Å²) in [6, 6.07) is 5.97. The van der Waals surface area contributed by atoms with Gasteiger partial charge < -0.3 is 10.8 Å². The van der Waals surface area contributed by atoms with E-state index in [0.717, 1.165) is 18.7 Å². The van der Waals surface area contributed by atoms with Crippen LogP contribution in [0.2, 0.25) is 0 Å². The molecule has 0 spiro atoms. The van der Waals surface area contributed by atoms with Gasteiger partial charge in [0.1, 0.15) is 0 Å². The predicted octanol–water partition coefficient (Wildman–Crippen LogP) is 0.784. The first-order chi connectivity index (χ1) is 7.65. The molecule has 2 unspecified atom stereocenters. The van der Waals surface area contributed by atoms with Crippen LogP contribution < -0.4 is 5.73 Å². The molecule has 1 aromatic rings. The summed E-state index contributed by atoms with van der Waals surface area (Å²) in [5, 5.41) is 9.25. The quantitative estimate of drug-likeness (QED) is 0.748. The maximum absolute atomic E-state index is 9.25. The fraction of sp³-hybridized carbons (Fsp3) is 0.583. The highest BCUT2D eigenvalue weighted by Gasteiger charge is 2.16. The molecule has 0 aliphatic carbocycles. The van der Waals surface area contributed by atoms with Crippen molar-refractivity contribution in [3.63, 3.8) is 0 Å². The molecule has 16 heavy (non-hydrogen) atoms. The van der Waals surface area contributed by atoms with Gasteiger partial charge in [0.25, 0.3) is 0 Å². The van der Waals surface area contributed by atoms with Crippen molar-refractivity contribution in [3.8, 4) is 0 Å². The van der Waals surface area contributed by atoms with Crippen molar-refractivity contribution in [2.45, 2.75) is 25.5 Å². The summed E-state index contributed by atoms with van der Waals surface area (Å²) < 4.78 is 0. The van der Waals surface area contributed by atoms with E-state index in [0.29, 0.717) is 6.54 Å². The van der Waals surface area contributed by atoms with Gasteiger partial charge >= 0.3 is 0 Å². The van der Waals surface area contributed by atoms with Crippen molar-refractivity contribution in [2.75, 3.05) is 20.1 Å². The largest absolute Gasteiger partial charge is 0.393 e. The second kappa shape index (κ2) is 6.58. The van der Waals surface area contributed by atoms with Crippen LogP contribution in [0.3, 0.4) is 0 Å². The van der Waals surface area contributed by atoms with Gasteiger partial charge in [-0.2, -0.15) is 0 Å². The Morgan fingerprint density at radius 1 is 1.50 bits per heavy atom. The third-order valence-electron chi connectivity index (χ3n) is 2.68. The highest BCUT2D eigenvalue weighted by atomic mass is 16.3. The summed E-state index contributed by atoms with van der Waals surface area (Å²) >= 11 is 0. The number of nitrogens with zero attached hydrogens (tertiary/aromatic N) is 2. The number of rotatable bonds is 6. The van der Waals surface area contributed by atoms with E-state index in [1.807, 2.05) is 25.2 Å². The van der Waals surface area contributed by atoms with Gasteiger partial charge in [0, 0.05) is 19.3 Å². The minimum absolute atomic E-state index is 0.125. The van der Waals surface area contributed by atoms with Crippen molar-refractivity contribution in [1.29, 1.82) is 0 Å². The standard InChI is InChI=1S/C12H21N3O/c1-10(16)6-8-15(2)12(9-13)11-5-3-4-7-14-11/h3-5,7,10,12,16H,6,8-9,13H2,1-2H3. The Kier molecular flexibility index (Phi) is 5.38. The molecule has 4 nitrogen and oxygen atoms in total. The van der Waals surface area contributed by atoms with Crippen LogP contribution in [0.15, 0.2) is 24.4 Å². The van der Waals surface area contributed by atoms with Crippen LogP contribution in [-0.2, 0) is 0 Å². The van der Waals surface area contributed by atoms with Crippen molar-refractivity contribution in [1.82, 2.24) is 9.88 Å². The van der Waals surface area contributed by atoms with Crippen LogP contribution in [0, 0.1) is 0 Å². The van der Waals surface area contributed by atoms with Crippen LogP contribution in [0.4, 0.5) is 0 Å². The molecule has 1 aromatic heterocycles. The van der Waals surface area contributed by atoms with E-state index in [1.165, 1.54) is 0 Å². The SMILES string of the molecule is CC(O)CCN(C)C(CN)c1ccccn1. The molecule has 0 amide bonds. The van der Waals surface area contributed by atoms with E-state index in [1.54, 1.807) is 13.1 Å². The lowest BCUT2D eigenvalue weighted by Gasteiger charge is -2.26. The van der Waals surface area contributed by atoms with Crippen molar-refractivity contribution in [3.05, 3.63) is 30.1 Å². The normalized spacial score (nSPS) is 15.1. The monoisotopic (exact) mass is 223 g/mol. The molecule has 1 heterocycles. The molecule has 0 aromatic carbocycles. The molecular weight excluding hydrogens is 202 g/mol. The maximum Gasteiger partial charge on any atom is 0.0642 e. The van der Waals surface area contributed by atoms with Crippen molar-refractivity contribution in [2.24, 2.45) is 5.73 Å². The van der Waals surface area contributed by atoms with E-state index in [9.17, 15) is 5.11 Å². The molecule has 4 heteroatoms. The summed E-state index contributed by atoms with van der Waals surface area (Å²) in [5.74, 6) is 0. The van der Waals surface area contributed by atoms with Gasteiger partial charge in [-0.25, -0.2) is 0 Å². The number of likely N-dealkylation sites (N-methyl/N-ethyl adjacent to an activating group) is 1. The average molecular weight is 223 g/mol. The van der Waals surface area contributed by atoms with Crippen LogP contribution in [0.25, 0.3) is 0 Å². The van der Waals surface area contributed by atoms with Gasteiger partial charge in [-0.05, 0) is 32.5 Å². The second-order valence-corrected chi connectivity index (χ2v) is 4.12. The Morgan fingerprint density at radius 2 is 2.25 bits per heavy atom. The number of hydrogen-bond acceptors (Lipinski definition) is 4. The van der Waals surface area contributed by atoms with E-state index in [2.05, 4.69) is 9.88 Å². The summed E-state index contributed by atoms with van der Waals surface area (Å²) in [4.78, 5) is 6.45. The van der Waals surface area contributed by atoms with Crippen LogP contribution in [0.1, 0.15) is 25.1 Å². The molecule has 0 saturated carbocycles. The lowest BCUT2D eigenvalue weighted by molar-refractivity contribution is 0.149. The molecule has 2 atom stereocenters. The molecule has 0 fully saturated rings. The third-order valence-corrected chi connectivity index (χ3v) is 2.68. The summed E-state index contributed by atoms with van der Waals surface area (Å²) in [7, 11) is 2.01. The molecule has 0 bridgehead atoms. The van der Waals surface area contributed by atoms with Gasteiger partial charge in [0.15, 0.2) is 0 Å². The highest BCUT2D eigenvalue weighted by molar-refractivity contribution is 5.09. The fourth-order valence-electron chi connectivity index (χ4n) is 1.65. The van der Waals surface area contributed by atoms with Crippen LogP contribution >= 0.6 is 0 Å². The zero-order valence-electron chi connectivity index (χ0n) is 10.0. The van der Waals surface area contributed by atoms with Gasteiger partial charge in [-0.1, -0.05) is 6.07 Å². The maximum atomic E-state index is 9.25. The van der Waals surface area contributed by atoms with Gasteiger partial charge in [0.05, 0.1) is 17.8 Å². The Hall–Kier alpha value is -0.970. The third kappa shape index (κ3) is 3.89. The molecule has 1 rings (SSSR count). The minimum atomic E-state index is -0.274. The van der Waals surface area contributed by atoms with E-state index in [-0.39, 0.29) is 12.1 Å². The van der Waals surface area contributed by atoms with Crippen LogP contribution in [0.5, 0.6) is 0 Å². The Bertz CT molecular complexity index is 290. The first-order valence-electron chi connectivity index (χ1n) is 5.64. The van der Waals surface area contributed by atoms with E-state index < -0.39 is 0 Å². The lowest BCUT2D eigenvalue weighted by Crippen LogP contribution is -2.33. The Labute approximate surface area is 97.1 Å². The number of pyridine rings is 1. The molecule has 90 valence electrons. The van der Waals surface area contributed by atoms with Crippen LogP contribution in [-0.4, -0.2) is 41.2 Å². The molecule has 0 aliphatic heterocycles. The molecule has 0 saturated heterocycles. The summed E-state index contributed by atoms with van der Waals surface area (Å²) in [6.45, 7) is 3.15. The zero-order chi connectivity index (χ0) is 12.0. The van der Waals surface area contributed by atoms with E-state index >= 15 is 0 Å². The molecule has 0 aliphatic rings. The van der Waals surface area contributed by atoms with Crippen molar-refractivity contribution < 1.29 is 5.11 Å². The second-order valence-electron chi connectivity index (χ2n) is 4.12. The molecular formula is C12H21N3O. The number of aliphatic hydroxyl groups excluding tert-OH is 1. The first-order valence-corrected chi connectivity index (χ1v) is 5.64. The molecule has 3 N–H and O–H groups in total. The Balaban J connectivity index is 2.60. The first kappa shape index (κ1) is 13.1. The number of hydrogen-bond donors (Lipinski definition) is 2. The van der Waals surface area contributed by atoms with Gasteiger partial charge in [-0.15, -0.1) is 0 Å². The highest BCUT2D eigenvalue weighted by Crippen LogP contribution is 2.15. The minimum Gasteiger partial charge on any atom is -0.393 e. The zero-order valence-corrected chi connectivity index (χ0v) is 10.0. The average Bonchev–Trinajstić information content (AvgIpc) is 2.29. The van der Waals surface area contributed by atoms with Gasteiger partial charge in [0.2, 0.25) is 0 Å². The van der Waals surface area contributed by atoms with Crippen molar-refractivity contribution >= 4 is 0 Å². The Morgan fingerprint density at radius 3 is 2.75 bits per heavy atom. The lowest BCUT2D eigenvalue weighted by atomic mass is 10.1. The van der Waals surface area contributed by atoms with E-state index in [4.69, 9.17) is 5.73 Å². The molecule has 0 radical (unpaired) electrons. The van der Waals surface area contributed by atoms with Gasteiger partial charge in [-0.3, -0.25) is 9.88 Å². The smallest absolute Gasteiger partial charge is 0.0642 e. The number of aliphatic hydroxyl groups is 1. The topological polar surface area (TPSA) is 62.4 Å². The summed E-state index contributed by atoms with van der Waals surface area (Å²) in [5.41, 5.74) is 6.75. The fourth-order valence-corrected chi connectivity index (χ4v) is 1.65. The summed E-state index contributed by atoms with van der Waals surface area (Å²) in [6.07, 6.45) is 2.25. The predicted molar refractivity (Wildman–Crippen MR) is 65.0 cm³/mol.